The Morgan fingerprint density at radius 3 is 2.59 bits per heavy atom. The van der Waals surface area contributed by atoms with E-state index in [1.54, 1.807) is 13.2 Å². The second kappa shape index (κ2) is 8.92. The first-order valence-electron chi connectivity index (χ1n) is 8.14. The number of tetrazole rings is 1. The number of nitrogens with zero attached hydrogens (tertiary/aromatic N) is 4. The predicted molar refractivity (Wildman–Crippen MR) is 107 cm³/mol. The molecule has 10 nitrogen and oxygen atoms in total. The average molecular weight is 435 g/mol. The number of aromatic nitrogens is 4. The quantitative estimate of drug-likeness (QED) is 0.435. The molecule has 0 fully saturated rings. The first-order chi connectivity index (χ1) is 14.0. The number of ether oxygens (including phenoxy) is 3. The summed E-state index contributed by atoms with van der Waals surface area (Å²) in [6.45, 7) is 0. The van der Waals surface area contributed by atoms with Crippen LogP contribution >= 0.6 is 23.1 Å². The number of carbonyl (C=O) groups is 2. The van der Waals surface area contributed by atoms with Crippen molar-refractivity contribution >= 4 is 40.0 Å². The molecule has 0 saturated heterocycles. The Morgan fingerprint density at radius 2 is 1.90 bits per heavy atom. The van der Waals surface area contributed by atoms with Gasteiger partial charge in [-0.1, -0.05) is 23.9 Å². The van der Waals surface area contributed by atoms with Gasteiger partial charge >= 0.3 is 11.9 Å². The lowest BCUT2D eigenvalue weighted by molar-refractivity contribution is 0.0601. The SMILES string of the molecule is COC(=O)c1sc(N)c(C(=O)OC)c1CSc1nnnn1-c1ccccc1OC. The van der Waals surface area contributed by atoms with Crippen LogP contribution in [0, 0.1) is 0 Å². The number of hydrogen-bond donors (Lipinski definition) is 1. The van der Waals surface area contributed by atoms with Crippen LogP contribution < -0.4 is 10.5 Å². The number of hydrogen-bond acceptors (Lipinski definition) is 11. The standard InChI is InChI=1S/C17H17N5O5S2/c1-25-11-7-5-4-6-10(11)22-17(19-20-21-22)28-8-9-12(15(23)26-2)14(18)29-13(9)16(24)27-3/h4-7H,8,18H2,1-3H3. The van der Waals surface area contributed by atoms with Gasteiger partial charge in [-0.25, -0.2) is 9.59 Å². The van der Waals surface area contributed by atoms with Crippen LogP contribution in [0.5, 0.6) is 5.75 Å². The van der Waals surface area contributed by atoms with Crippen LogP contribution in [0.4, 0.5) is 5.00 Å². The first kappa shape index (κ1) is 20.6. The smallest absolute Gasteiger partial charge is 0.348 e. The lowest BCUT2D eigenvalue weighted by Crippen LogP contribution is -2.09. The normalized spacial score (nSPS) is 10.6. The van der Waals surface area contributed by atoms with Crippen molar-refractivity contribution in [3.8, 4) is 11.4 Å². The molecule has 0 amide bonds. The molecule has 0 saturated carbocycles. The zero-order chi connectivity index (χ0) is 21.0. The Morgan fingerprint density at radius 1 is 1.17 bits per heavy atom. The highest BCUT2D eigenvalue weighted by atomic mass is 32.2. The molecular formula is C17H17N5O5S2. The van der Waals surface area contributed by atoms with E-state index in [2.05, 4.69) is 15.5 Å². The van der Waals surface area contributed by atoms with Gasteiger partial charge in [0, 0.05) is 11.3 Å². The van der Waals surface area contributed by atoms with Gasteiger partial charge in [-0.05, 0) is 22.6 Å². The molecule has 3 rings (SSSR count). The number of benzene rings is 1. The molecule has 152 valence electrons. The molecule has 0 aliphatic heterocycles. The third-order valence-electron chi connectivity index (χ3n) is 3.89. The number of nitrogens with two attached hydrogens (primary N) is 1. The van der Waals surface area contributed by atoms with Gasteiger partial charge in [-0.2, -0.15) is 4.68 Å². The number of carbonyl (C=O) groups excluding carboxylic acids is 2. The van der Waals surface area contributed by atoms with E-state index in [0.717, 1.165) is 11.3 Å². The van der Waals surface area contributed by atoms with Crippen molar-refractivity contribution in [2.75, 3.05) is 27.1 Å². The second-order valence-electron chi connectivity index (χ2n) is 5.47. The molecule has 3 aromatic rings. The Hall–Kier alpha value is -3.12. The highest BCUT2D eigenvalue weighted by Crippen LogP contribution is 2.36. The molecule has 29 heavy (non-hydrogen) atoms. The minimum atomic E-state index is -0.631. The summed E-state index contributed by atoms with van der Waals surface area (Å²) in [6, 6.07) is 7.26. The molecule has 0 atom stereocenters. The van der Waals surface area contributed by atoms with Gasteiger partial charge in [0.15, 0.2) is 0 Å². The Labute approximate surface area is 173 Å². The summed E-state index contributed by atoms with van der Waals surface area (Å²) in [7, 11) is 4.06. The first-order valence-corrected chi connectivity index (χ1v) is 9.94. The van der Waals surface area contributed by atoms with Gasteiger partial charge in [-0.15, -0.1) is 16.4 Å². The monoisotopic (exact) mass is 435 g/mol. The van der Waals surface area contributed by atoms with Crippen LogP contribution in [-0.2, 0) is 15.2 Å². The lowest BCUT2D eigenvalue weighted by Gasteiger charge is -2.09. The second-order valence-corrected chi connectivity index (χ2v) is 7.46. The molecule has 0 aliphatic rings. The van der Waals surface area contributed by atoms with Crippen molar-refractivity contribution in [3.05, 3.63) is 40.3 Å². The van der Waals surface area contributed by atoms with E-state index in [1.807, 2.05) is 18.2 Å². The van der Waals surface area contributed by atoms with E-state index < -0.39 is 11.9 Å². The van der Waals surface area contributed by atoms with E-state index in [4.69, 9.17) is 19.9 Å². The molecule has 0 aliphatic carbocycles. The zero-order valence-electron chi connectivity index (χ0n) is 15.7. The summed E-state index contributed by atoms with van der Waals surface area (Å²) in [6.07, 6.45) is 0. The molecular weight excluding hydrogens is 418 g/mol. The average Bonchev–Trinajstić information content (AvgIpc) is 3.34. The maximum Gasteiger partial charge on any atom is 0.348 e. The number of para-hydroxylation sites is 2. The molecule has 1 aromatic carbocycles. The van der Waals surface area contributed by atoms with Gasteiger partial charge in [0.05, 0.1) is 26.9 Å². The summed E-state index contributed by atoms with van der Waals surface area (Å²) in [4.78, 5) is 24.6. The van der Waals surface area contributed by atoms with Crippen LogP contribution in [0.15, 0.2) is 29.4 Å². The Balaban J connectivity index is 1.96. The lowest BCUT2D eigenvalue weighted by atomic mass is 10.1. The number of rotatable bonds is 7. The summed E-state index contributed by atoms with van der Waals surface area (Å²) < 4.78 is 16.5. The van der Waals surface area contributed by atoms with E-state index in [0.29, 0.717) is 22.2 Å². The van der Waals surface area contributed by atoms with Crippen molar-refractivity contribution in [1.29, 1.82) is 0 Å². The molecule has 2 heterocycles. The number of thiophene rings is 1. The molecule has 0 spiro atoms. The molecule has 2 N–H and O–H groups in total. The van der Waals surface area contributed by atoms with E-state index in [9.17, 15) is 9.59 Å². The van der Waals surface area contributed by atoms with Crippen molar-refractivity contribution in [2.45, 2.75) is 10.9 Å². The third-order valence-corrected chi connectivity index (χ3v) is 5.88. The fourth-order valence-corrected chi connectivity index (χ4v) is 4.57. The maximum atomic E-state index is 12.2. The maximum absolute atomic E-state index is 12.2. The predicted octanol–water partition coefficient (Wildman–Crippen LogP) is 2.18. The van der Waals surface area contributed by atoms with Crippen molar-refractivity contribution < 1.29 is 23.8 Å². The fourth-order valence-electron chi connectivity index (χ4n) is 2.57. The third kappa shape index (κ3) is 4.03. The Bertz CT molecular complexity index is 1050. The van der Waals surface area contributed by atoms with Crippen LogP contribution in [0.3, 0.4) is 0 Å². The largest absolute Gasteiger partial charge is 0.494 e. The van der Waals surface area contributed by atoms with E-state index in [1.165, 1.54) is 30.7 Å². The van der Waals surface area contributed by atoms with Crippen molar-refractivity contribution in [2.24, 2.45) is 0 Å². The van der Waals surface area contributed by atoms with Crippen LogP contribution in [0.25, 0.3) is 5.69 Å². The number of nitrogen functional groups attached to an aromatic ring is 1. The van der Waals surface area contributed by atoms with Crippen molar-refractivity contribution in [3.63, 3.8) is 0 Å². The van der Waals surface area contributed by atoms with Gasteiger partial charge < -0.3 is 19.9 Å². The summed E-state index contributed by atoms with van der Waals surface area (Å²) in [5.41, 5.74) is 7.15. The number of methoxy groups -OCH3 is 3. The number of thioether (sulfide) groups is 1. The molecule has 12 heteroatoms. The van der Waals surface area contributed by atoms with E-state index >= 15 is 0 Å². The van der Waals surface area contributed by atoms with Gasteiger partial charge in [-0.3, -0.25) is 0 Å². The van der Waals surface area contributed by atoms with Gasteiger partial charge in [0.1, 0.15) is 21.3 Å². The van der Waals surface area contributed by atoms with Crippen molar-refractivity contribution in [1.82, 2.24) is 20.2 Å². The summed E-state index contributed by atoms with van der Waals surface area (Å²) in [5, 5.41) is 12.4. The molecule has 2 aromatic heterocycles. The zero-order valence-corrected chi connectivity index (χ0v) is 17.4. The molecule has 0 radical (unpaired) electrons. The number of anilines is 1. The fraction of sp³-hybridized carbons (Fsp3) is 0.235. The van der Waals surface area contributed by atoms with Crippen LogP contribution in [0.1, 0.15) is 25.6 Å². The number of esters is 2. The topological polar surface area (TPSA) is 131 Å². The van der Waals surface area contributed by atoms with Crippen LogP contribution in [0.2, 0.25) is 0 Å². The van der Waals surface area contributed by atoms with Gasteiger partial charge in [0.2, 0.25) is 5.16 Å². The molecule has 0 bridgehead atoms. The van der Waals surface area contributed by atoms with Gasteiger partial charge in [0.25, 0.3) is 0 Å². The summed E-state index contributed by atoms with van der Waals surface area (Å²) >= 11 is 2.20. The molecule has 0 unspecified atom stereocenters. The van der Waals surface area contributed by atoms with Crippen LogP contribution in [-0.4, -0.2) is 53.5 Å². The highest BCUT2D eigenvalue weighted by Gasteiger charge is 2.27. The highest BCUT2D eigenvalue weighted by molar-refractivity contribution is 7.98. The Kier molecular flexibility index (Phi) is 6.34. The minimum absolute atomic E-state index is 0.140. The van der Waals surface area contributed by atoms with E-state index in [-0.39, 0.29) is 21.2 Å². The summed E-state index contributed by atoms with van der Waals surface area (Å²) in [5.74, 6) is -0.435. The minimum Gasteiger partial charge on any atom is -0.494 e.